The van der Waals surface area contributed by atoms with E-state index in [1.807, 2.05) is 0 Å². The van der Waals surface area contributed by atoms with Crippen molar-refractivity contribution in [3.8, 4) is 6.01 Å². The van der Waals surface area contributed by atoms with Gasteiger partial charge in [0.25, 0.3) is 0 Å². The molecule has 0 aromatic carbocycles. The summed E-state index contributed by atoms with van der Waals surface area (Å²) >= 11 is 0. The monoisotopic (exact) mass is 99.0 g/mol. The average molecular weight is 99.1 g/mol. The van der Waals surface area contributed by atoms with Gasteiger partial charge in [-0.15, -0.1) is 0 Å². The predicted octanol–water partition coefficient (Wildman–Crippen LogP) is -1.44. The number of nitrogens with one attached hydrogen (secondary N) is 1. The van der Waals surface area contributed by atoms with Gasteiger partial charge in [-0.05, 0) is 10.4 Å². The van der Waals surface area contributed by atoms with Crippen LogP contribution >= 0.6 is 0 Å². The molecule has 6 nitrogen and oxygen atoms in total. The minimum atomic E-state index is -0.111. The van der Waals surface area contributed by atoms with Crippen LogP contribution in [0.2, 0.25) is 0 Å². The standard InChI is InChI=1S/CHN5O/c2-7-1-3-5-6-4-1/h(H,3,4,5,6). The fourth-order valence-corrected chi connectivity index (χ4v) is 0.189. The molecule has 2 radical (unpaired) electrons. The Bertz CT molecular complexity index is 123. The van der Waals surface area contributed by atoms with Crippen molar-refractivity contribution in [2.45, 2.75) is 0 Å². The third kappa shape index (κ3) is 0.631. The molecule has 0 saturated heterocycles. The number of hydrogen-bond donors (Lipinski definition) is 1. The Morgan fingerprint density at radius 1 is 1.71 bits per heavy atom. The SMILES string of the molecule is [N]Oc1nnn[nH]1. The largest absolute Gasteiger partial charge is 0.355 e. The van der Waals surface area contributed by atoms with Gasteiger partial charge in [-0.1, -0.05) is 5.10 Å². The molecule has 0 fully saturated rings. The van der Waals surface area contributed by atoms with E-state index in [4.69, 9.17) is 5.90 Å². The quantitative estimate of drug-likeness (QED) is 0.437. The average Bonchev–Trinajstić information content (AvgIpc) is 2.14. The van der Waals surface area contributed by atoms with Crippen LogP contribution in [0.4, 0.5) is 0 Å². The normalized spacial score (nSPS) is 8.71. The van der Waals surface area contributed by atoms with Gasteiger partial charge in [0, 0.05) is 0 Å². The second kappa shape index (κ2) is 1.52. The number of aromatic amines is 1. The molecule has 36 valence electrons. The fraction of sp³-hybridized carbons (Fsp3) is 0. The molecular weight excluding hydrogens is 98.0 g/mol. The molecule has 1 rings (SSSR count). The van der Waals surface area contributed by atoms with E-state index < -0.39 is 0 Å². The highest BCUT2D eigenvalue weighted by Crippen LogP contribution is 1.87. The first kappa shape index (κ1) is 4.00. The van der Waals surface area contributed by atoms with Crippen LogP contribution in [0.5, 0.6) is 6.01 Å². The maximum Gasteiger partial charge on any atom is 0.355 e. The summed E-state index contributed by atoms with van der Waals surface area (Å²) in [6, 6.07) is -0.111. The van der Waals surface area contributed by atoms with Crippen molar-refractivity contribution < 1.29 is 4.84 Å². The minimum absolute atomic E-state index is 0.111. The maximum atomic E-state index is 7.75. The van der Waals surface area contributed by atoms with Crippen molar-refractivity contribution in [3.63, 3.8) is 0 Å². The van der Waals surface area contributed by atoms with Gasteiger partial charge in [-0.3, -0.25) is 0 Å². The van der Waals surface area contributed by atoms with Crippen molar-refractivity contribution in [1.29, 1.82) is 0 Å². The molecule has 1 aromatic heterocycles. The second-order valence-electron chi connectivity index (χ2n) is 0.798. The Morgan fingerprint density at radius 3 is 2.86 bits per heavy atom. The topological polar surface area (TPSA) is 86.0 Å². The fourth-order valence-electron chi connectivity index (χ4n) is 0.189. The predicted molar refractivity (Wildman–Crippen MR) is 16.9 cm³/mol. The zero-order chi connectivity index (χ0) is 5.11. The molecule has 0 aliphatic heterocycles. The summed E-state index contributed by atoms with van der Waals surface area (Å²) in [7, 11) is 0. The van der Waals surface area contributed by atoms with Crippen LogP contribution in [0.15, 0.2) is 0 Å². The number of tetrazole rings is 1. The summed E-state index contributed by atoms with van der Waals surface area (Å²) in [5.74, 6) is 7.75. The molecule has 0 bridgehead atoms. The van der Waals surface area contributed by atoms with E-state index in [0.29, 0.717) is 0 Å². The maximum absolute atomic E-state index is 7.75. The van der Waals surface area contributed by atoms with Crippen LogP contribution in [0, 0.1) is 0 Å². The first-order valence-corrected chi connectivity index (χ1v) is 1.48. The molecule has 0 amide bonds. The van der Waals surface area contributed by atoms with Gasteiger partial charge in [-0.2, -0.15) is 0 Å². The van der Waals surface area contributed by atoms with Crippen molar-refractivity contribution in [2.24, 2.45) is 0 Å². The summed E-state index contributed by atoms with van der Waals surface area (Å²) in [4.78, 5) is 3.56. The third-order valence-electron chi connectivity index (χ3n) is 0.412. The minimum Gasteiger partial charge on any atom is -0.325 e. The summed E-state index contributed by atoms with van der Waals surface area (Å²) in [5.41, 5.74) is 0. The van der Waals surface area contributed by atoms with E-state index in [-0.39, 0.29) is 6.01 Å². The lowest BCUT2D eigenvalue weighted by Crippen LogP contribution is -1.87. The molecule has 0 saturated carbocycles. The van der Waals surface area contributed by atoms with Crippen LogP contribution < -0.4 is 10.7 Å². The van der Waals surface area contributed by atoms with Crippen molar-refractivity contribution in [2.75, 3.05) is 0 Å². The highest BCUT2D eigenvalue weighted by atomic mass is 16.6. The van der Waals surface area contributed by atoms with E-state index in [0.717, 1.165) is 0 Å². The van der Waals surface area contributed by atoms with E-state index in [1.54, 1.807) is 0 Å². The highest BCUT2D eigenvalue weighted by molar-refractivity contribution is 4.77. The zero-order valence-corrected chi connectivity index (χ0v) is 3.20. The second-order valence-corrected chi connectivity index (χ2v) is 0.798. The van der Waals surface area contributed by atoms with Gasteiger partial charge in [0.15, 0.2) is 0 Å². The van der Waals surface area contributed by atoms with E-state index >= 15 is 0 Å². The number of aromatic nitrogens is 4. The summed E-state index contributed by atoms with van der Waals surface area (Å²) in [5, 5.41) is 11.5. The Kier molecular flexibility index (Phi) is 0.868. The molecule has 0 unspecified atom stereocenters. The number of nitrogens with zero attached hydrogens (tertiary/aromatic N) is 4. The van der Waals surface area contributed by atoms with Crippen LogP contribution in [0.1, 0.15) is 0 Å². The number of hydrogen-bond acceptors (Lipinski definition) is 4. The number of H-pyrrole nitrogens is 1. The molecule has 1 aromatic rings. The molecule has 0 aliphatic carbocycles. The van der Waals surface area contributed by atoms with Crippen molar-refractivity contribution in [3.05, 3.63) is 0 Å². The van der Waals surface area contributed by atoms with Crippen LogP contribution in [-0.2, 0) is 0 Å². The Hall–Kier alpha value is -1.17. The molecule has 1 N–H and O–H groups in total. The lowest BCUT2D eigenvalue weighted by Gasteiger charge is -1.75. The Labute approximate surface area is 38.6 Å². The first-order chi connectivity index (χ1) is 3.43. The van der Waals surface area contributed by atoms with Gasteiger partial charge in [0.2, 0.25) is 0 Å². The molecule has 7 heavy (non-hydrogen) atoms. The van der Waals surface area contributed by atoms with Gasteiger partial charge in [0.05, 0.1) is 0 Å². The van der Waals surface area contributed by atoms with E-state index in [9.17, 15) is 0 Å². The van der Waals surface area contributed by atoms with Gasteiger partial charge in [0.1, 0.15) is 5.90 Å². The molecule has 0 spiro atoms. The number of rotatable bonds is 1. The van der Waals surface area contributed by atoms with Gasteiger partial charge in [-0.25, -0.2) is 5.10 Å². The lowest BCUT2D eigenvalue weighted by atomic mass is 11.3. The zero-order valence-electron chi connectivity index (χ0n) is 3.20. The highest BCUT2D eigenvalue weighted by Gasteiger charge is 1.90. The smallest absolute Gasteiger partial charge is 0.325 e. The molecule has 0 aliphatic rings. The lowest BCUT2D eigenvalue weighted by molar-refractivity contribution is 0.282. The van der Waals surface area contributed by atoms with Crippen LogP contribution in [0.3, 0.4) is 0 Å². The molecule has 0 atom stereocenters. The third-order valence-corrected chi connectivity index (χ3v) is 0.412. The molecular formula is CHN5O. The first-order valence-electron chi connectivity index (χ1n) is 1.48. The van der Waals surface area contributed by atoms with E-state index in [1.165, 1.54) is 0 Å². The Balaban J connectivity index is 2.76. The van der Waals surface area contributed by atoms with Crippen LogP contribution in [-0.4, -0.2) is 20.6 Å². The van der Waals surface area contributed by atoms with Gasteiger partial charge < -0.3 is 4.84 Å². The molecule has 6 heteroatoms. The van der Waals surface area contributed by atoms with Crippen LogP contribution in [0.25, 0.3) is 0 Å². The van der Waals surface area contributed by atoms with E-state index in [2.05, 4.69) is 25.5 Å². The Morgan fingerprint density at radius 2 is 2.57 bits per heavy atom. The summed E-state index contributed by atoms with van der Waals surface area (Å²) in [6.07, 6.45) is 0. The summed E-state index contributed by atoms with van der Waals surface area (Å²) < 4.78 is 0. The van der Waals surface area contributed by atoms with Crippen molar-refractivity contribution in [1.82, 2.24) is 26.5 Å². The van der Waals surface area contributed by atoms with Crippen molar-refractivity contribution >= 4 is 0 Å². The van der Waals surface area contributed by atoms with Gasteiger partial charge >= 0.3 is 6.01 Å². The summed E-state index contributed by atoms with van der Waals surface area (Å²) in [6.45, 7) is 0. The molecule has 1 heterocycles.